The summed E-state index contributed by atoms with van der Waals surface area (Å²) in [5.41, 5.74) is 1.52. The van der Waals surface area contributed by atoms with E-state index in [2.05, 4.69) is 28.8 Å². The van der Waals surface area contributed by atoms with Crippen molar-refractivity contribution in [3.05, 3.63) is 17.3 Å². The minimum atomic E-state index is 0.327. The molecule has 2 aromatic rings. The Hall–Kier alpha value is -1.23. The van der Waals surface area contributed by atoms with Crippen LogP contribution in [0, 0.1) is 4.64 Å². The second-order valence-electron chi connectivity index (χ2n) is 3.15. The number of rotatable bonds is 1. The lowest BCUT2D eigenvalue weighted by Gasteiger charge is -2.09. The summed E-state index contributed by atoms with van der Waals surface area (Å²) in [5, 5.41) is 0. The molecule has 13 heavy (non-hydrogen) atoms. The van der Waals surface area contributed by atoms with Crippen molar-refractivity contribution in [2.75, 3.05) is 0 Å². The third kappa shape index (κ3) is 1.25. The molecule has 2 rings (SSSR count). The van der Waals surface area contributed by atoms with E-state index in [4.69, 9.17) is 12.2 Å². The van der Waals surface area contributed by atoms with Crippen molar-refractivity contribution in [2.24, 2.45) is 0 Å². The smallest absolute Gasteiger partial charge is 0.181 e. The third-order valence-corrected chi connectivity index (χ3v) is 2.34. The Morgan fingerprint density at radius 3 is 2.92 bits per heavy atom. The molecule has 0 aromatic carbocycles. The molecule has 0 aliphatic heterocycles. The van der Waals surface area contributed by atoms with E-state index >= 15 is 0 Å². The Morgan fingerprint density at radius 2 is 2.23 bits per heavy atom. The van der Waals surface area contributed by atoms with Crippen LogP contribution < -0.4 is 0 Å². The minimum absolute atomic E-state index is 0.327. The molecule has 0 bridgehead atoms. The molecule has 0 saturated carbocycles. The van der Waals surface area contributed by atoms with E-state index in [1.54, 1.807) is 12.7 Å². The van der Waals surface area contributed by atoms with Crippen LogP contribution in [0.5, 0.6) is 0 Å². The monoisotopic (exact) mass is 194 g/mol. The molecule has 68 valence electrons. The van der Waals surface area contributed by atoms with E-state index in [1.165, 1.54) is 0 Å². The van der Waals surface area contributed by atoms with E-state index in [-0.39, 0.29) is 0 Å². The molecule has 0 aliphatic rings. The molecule has 0 unspecified atom stereocenters. The van der Waals surface area contributed by atoms with Gasteiger partial charge in [0.15, 0.2) is 5.65 Å². The van der Waals surface area contributed by atoms with Gasteiger partial charge >= 0.3 is 0 Å². The van der Waals surface area contributed by atoms with Gasteiger partial charge in [0, 0.05) is 6.04 Å². The lowest BCUT2D eigenvalue weighted by atomic mass is 10.4. The zero-order valence-corrected chi connectivity index (χ0v) is 8.30. The first-order valence-electron chi connectivity index (χ1n) is 4.10. The predicted octanol–water partition coefficient (Wildman–Crippen LogP) is 2.07. The number of hydrogen-bond acceptors (Lipinski definition) is 3. The largest absolute Gasteiger partial charge is 0.341 e. The molecule has 2 aromatic heterocycles. The van der Waals surface area contributed by atoms with Gasteiger partial charge in [-0.15, -0.1) is 0 Å². The molecular formula is C8H10N4S. The van der Waals surface area contributed by atoms with E-state index in [0.29, 0.717) is 11.7 Å². The van der Waals surface area contributed by atoms with Gasteiger partial charge in [0.1, 0.15) is 10.2 Å². The highest BCUT2D eigenvalue weighted by Gasteiger charge is 2.04. The normalized spacial score (nSPS) is 11.3. The molecule has 0 fully saturated rings. The lowest BCUT2D eigenvalue weighted by molar-refractivity contribution is 0.583. The summed E-state index contributed by atoms with van der Waals surface area (Å²) in [6, 6.07) is 0.327. The van der Waals surface area contributed by atoms with Crippen molar-refractivity contribution in [1.29, 1.82) is 0 Å². The van der Waals surface area contributed by atoms with Crippen LogP contribution in [0.15, 0.2) is 12.7 Å². The standard InChI is InChI=1S/C8H10N4S/c1-5(2)12-4-11-7-6(8(12)13)9-3-10-7/h3-5H,1-2H3,(H,9,10). The van der Waals surface area contributed by atoms with Crippen molar-refractivity contribution in [3.8, 4) is 0 Å². The average Bonchev–Trinajstić information content (AvgIpc) is 2.52. The second kappa shape index (κ2) is 2.92. The summed E-state index contributed by atoms with van der Waals surface area (Å²) < 4.78 is 2.70. The first-order chi connectivity index (χ1) is 6.20. The van der Waals surface area contributed by atoms with Crippen LogP contribution in [0.4, 0.5) is 0 Å². The fraction of sp³-hybridized carbons (Fsp3) is 0.375. The minimum Gasteiger partial charge on any atom is -0.341 e. The molecule has 5 heteroatoms. The maximum absolute atomic E-state index is 5.28. The zero-order valence-electron chi connectivity index (χ0n) is 7.48. The van der Waals surface area contributed by atoms with Gasteiger partial charge in [0.25, 0.3) is 0 Å². The highest BCUT2D eigenvalue weighted by Crippen LogP contribution is 2.11. The molecule has 4 nitrogen and oxygen atoms in total. The highest BCUT2D eigenvalue weighted by molar-refractivity contribution is 7.71. The van der Waals surface area contributed by atoms with E-state index in [1.807, 2.05) is 4.57 Å². The Kier molecular flexibility index (Phi) is 1.88. The molecule has 0 saturated heterocycles. The number of nitrogens with zero attached hydrogens (tertiary/aromatic N) is 3. The van der Waals surface area contributed by atoms with Gasteiger partial charge in [-0.05, 0) is 13.8 Å². The predicted molar refractivity (Wildman–Crippen MR) is 53.1 cm³/mol. The van der Waals surface area contributed by atoms with Crippen LogP contribution in [-0.4, -0.2) is 19.5 Å². The Bertz CT molecular complexity index is 482. The van der Waals surface area contributed by atoms with Crippen molar-refractivity contribution in [3.63, 3.8) is 0 Å². The Balaban J connectivity index is 2.81. The summed E-state index contributed by atoms with van der Waals surface area (Å²) in [4.78, 5) is 11.2. The molecule has 0 atom stereocenters. The molecule has 0 amide bonds. The molecular weight excluding hydrogens is 184 g/mol. The number of imidazole rings is 1. The molecule has 0 aliphatic carbocycles. The van der Waals surface area contributed by atoms with Crippen LogP contribution in [0.2, 0.25) is 0 Å². The molecule has 1 N–H and O–H groups in total. The topological polar surface area (TPSA) is 46.5 Å². The van der Waals surface area contributed by atoms with Gasteiger partial charge in [-0.3, -0.25) is 0 Å². The van der Waals surface area contributed by atoms with Crippen LogP contribution in [0.1, 0.15) is 19.9 Å². The maximum atomic E-state index is 5.28. The first-order valence-corrected chi connectivity index (χ1v) is 4.51. The van der Waals surface area contributed by atoms with E-state index in [9.17, 15) is 0 Å². The van der Waals surface area contributed by atoms with Gasteiger partial charge in [-0.25, -0.2) is 9.97 Å². The fourth-order valence-corrected chi connectivity index (χ4v) is 1.62. The first kappa shape index (κ1) is 8.37. The van der Waals surface area contributed by atoms with E-state index < -0.39 is 0 Å². The number of nitrogens with one attached hydrogen (secondary N) is 1. The number of H-pyrrole nitrogens is 1. The number of hydrogen-bond donors (Lipinski definition) is 1. The summed E-state index contributed by atoms with van der Waals surface area (Å²) in [6.07, 6.45) is 3.34. The molecule has 2 heterocycles. The van der Waals surface area contributed by atoms with Gasteiger partial charge in [0.05, 0.1) is 12.7 Å². The fourth-order valence-electron chi connectivity index (χ4n) is 1.21. The quantitative estimate of drug-likeness (QED) is 0.707. The maximum Gasteiger partial charge on any atom is 0.181 e. The SMILES string of the molecule is CC(C)n1cnc2nc[nH]c2c1=S. The Labute approximate surface area is 80.6 Å². The number of fused-ring (bicyclic) bond motifs is 1. The summed E-state index contributed by atoms with van der Waals surface area (Å²) in [6.45, 7) is 4.14. The van der Waals surface area contributed by atoms with Gasteiger partial charge in [0.2, 0.25) is 0 Å². The molecule has 0 spiro atoms. The molecule has 0 radical (unpaired) electrons. The summed E-state index contributed by atoms with van der Waals surface area (Å²) in [7, 11) is 0. The van der Waals surface area contributed by atoms with Crippen LogP contribution in [-0.2, 0) is 0 Å². The van der Waals surface area contributed by atoms with Crippen LogP contribution in [0.3, 0.4) is 0 Å². The number of aromatic amines is 1. The van der Waals surface area contributed by atoms with Crippen molar-refractivity contribution in [1.82, 2.24) is 19.5 Å². The van der Waals surface area contributed by atoms with Crippen molar-refractivity contribution in [2.45, 2.75) is 19.9 Å². The summed E-state index contributed by atoms with van der Waals surface area (Å²) in [5.74, 6) is 0. The van der Waals surface area contributed by atoms with Gasteiger partial charge in [-0.1, -0.05) is 12.2 Å². The van der Waals surface area contributed by atoms with Gasteiger partial charge < -0.3 is 9.55 Å². The third-order valence-electron chi connectivity index (χ3n) is 1.93. The Morgan fingerprint density at radius 1 is 1.46 bits per heavy atom. The summed E-state index contributed by atoms with van der Waals surface area (Å²) >= 11 is 5.28. The lowest BCUT2D eigenvalue weighted by Crippen LogP contribution is -2.04. The number of aromatic nitrogens is 4. The van der Waals surface area contributed by atoms with Crippen molar-refractivity contribution >= 4 is 23.4 Å². The average molecular weight is 194 g/mol. The van der Waals surface area contributed by atoms with Crippen molar-refractivity contribution < 1.29 is 0 Å². The van der Waals surface area contributed by atoms with Crippen LogP contribution in [0.25, 0.3) is 11.2 Å². The zero-order chi connectivity index (χ0) is 9.42. The van der Waals surface area contributed by atoms with E-state index in [0.717, 1.165) is 10.2 Å². The van der Waals surface area contributed by atoms with Gasteiger partial charge in [-0.2, -0.15) is 0 Å². The van der Waals surface area contributed by atoms with Crippen LogP contribution >= 0.6 is 12.2 Å². The highest BCUT2D eigenvalue weighted by atomic mass is 32.1. The second-order valence-corrected chi connectivity index (χ2v) is 3.54.